The van der Waals surface area contributed by atoms with Gasteiger partial charge in [-0.15, -0.1) is 0 Å². The molecule has 118 heteroatoms. The number of amides is 2. The van der Waals surface area contributed by atoms with E-state index in [1.807, 2.05) is 865 Å². The van der Waals surface area contributed by atoms with Gasteiger partial charge < -0.3 is 15.1 Å². The summed E-state index contributed by atoms with van der Waals surface area (Å²) in [6, 6.07) is 19.4. The first-order valence-electron chi connectivity index (χ1n) is 31.3. The average Bonchev–Trinajstić information content (AvgIpc) is 1.64. The van der Waals surface area contributed by atoms with Crippen LogP contribution in [0.15, 0.2) is 88.7 Å². The summed E-state index contributed by atoms with van der Waals surface area (Å²) in [5.74, 6) is -0.162. The molecule has 1 saturated heterocycles. The highest BCUT2D eigenvalue weighted by Gasteiger charge is 2.32. The van der Waals surface area contributed by atoms with Crippen LogP contribution < -0.4 is 5.32 Å². The van der Waals surface area contributed by atoms with E-state index >= 15 is 0 Å². The standard InChI is InChI=1S/C30H29N5O2S111/c1-34-17-13-25-27(19-34)148(30(32-25)33-28(36)24-5-2-4-23(18-24)26-6-3-16-35(26)29(37)22-9-7-20(8-10-22)21-11-14-31-15-12-21)147-146-145-144-143-142-141-140-139-138-137-136-135-134-133-132-131-130-129-128-127-126-125-124-123-122-121-120-119-118-117-116-115-114-113-112-111-110-109-108-107-106-105-104-103-102-101-100-99-98-97-96-95-94-93-92-91-90-89-88-87-86-85-84-83-82-81-80-79-78-77-76-75-74-73-72-71-70-69-68-67-66-65-64-63-62-61-60-59-58-57-56-55-54-53-52-51-50-49-48-47-46-45-44-43-42-41-40-39-38/h2,4-5,7-12,14-15,18,26H,3,6,13,16-17,19H2,1H3,(H,32,33,36)/t26-,148?/m1/s1. The van der Waals surface area contributed by atoms with Crippen LogP contribution in [0, 0.1) is 0 Å². The van der Waals surface area contributed by atoms with E-state index in [-0.39, 0.29) is 17.9 Å². The SMILES string of the molecule is CN1CCC2=C(C1)S(=S=S=S=S=S=S=S=S=S=S=S=S=S=S=S=S=S=S=S=S=S=S=S=S=S=S=S=S=S=S=S=S=S=S=S=S=S=S=S=S=S=S=S=S=S=S=S=S=S=S=S=S=S=S=S=S=S=S=S=S=S=S=S=S=S=S=S=S=S=S=S=S=S=S=S=S=S=S=S=S=S=S=S=S=S=S=S=S=S=S=S=S=S=S=S=S=S=S=S=S=S=S=S=S=S=S=S=S=S=S)C(NC(=O)c1cccc([C@H]3CCCN3C(=O)c3ccc(-c4ccncc4)cc3)c1)=N2. The van der Waals surface area contributed by atoms with E-state index in [1.165, 1.54) is 13.8 Å². The number of pyridine rings is 1. The van der Waals surface area contributed by atoms with Crippen LogP contribution in [0.2, 0.25) is 0 Å². The van der Waals surface area contributed by atoms with Crippen molar-refractivity contribution < 1.29 is 9.59 Å². The van der Waals surface area contributed by atoms with Crippen LogP contribution in [0.1, 0.15) is 51.6 Å². The van der Waals surface area contributed by atoms with E-state index < -0.39 is 9.45 Å². The first-order valence-corrected chi connectivity index (χ1v) is 179. The first-order chi connectivity index (χ1) is 73.5. The number of aromatic nitrogens is 1. The number of hydrogen-bond donors (Lipinski definition) is 1. The lowest BCUT2D eigenvalue weighted by molar-refractivity contribution is 0.0735. The van der Waals surface area contributed by atoms with E-state index in [1.54, 1.807) is 172 Å². The van der Waals surface area contributed by atoms with Gasteiger partial charge in [0.2, 0.25) is 0 Å². The van der Waals surface area contributed by atoms with Crippen molar-refractivity contribution in [2.24, 2.45) is 4.99 Å². The van der Waals surface area contributed by atoms with Crippen molar-refractivity contribution in [3.8, 4) is 11.1 Å². The van der Waals surface area contributed by atoms with Crippen LogP contribution in [0.5, 0.6) is 0 Å². The minimum atomic E-state index is -0.391. The van der Waals surface area contributed by atoms with Gasteiger partial charge in [0.05, 0.1) is 11.7 Å². The largest absolute Gasteiger partial charge is 0.332 e. The van der Waals surface area contributed by atoms with Crippen LogP contribution >= 0.6 is 0 Å². The van der Waals surface area contributed by atoms with Crippen LogP contribution in [0.25, 0.3) is 11.1 Å². The number of hydrogen-bond acceptors (Lipinski definition) is 6. The quantitative estimate of drug-likeness (QED) is 0.425. The van der Waals surface area contributed by atoms with Crippen molar-refractivity contribution in [2.75, 3.05) is 26.7 Å². The Kier molecular flexibility index (Phi) is 133. The molecular formula is C30H29N5O2S111. The molecule has 0 saturated carbocycles. The molecule has 0 bridgehead atoms. The smallest absolute Gasteiger partial charge is 0.257 e. The minimum absolute atomic E-state index is 0.00722. The summed E-state index contributed by atoms with van der Waals surface area (Å²) in [5.41, 5.74) is 5.42. The molecule has 2 amide bonds. The van der Waals surface area contributed by atoms with Gasteiger partial charge in [0, 0.05) is 954 Å². The first kappa shape index (κ1) is 157. The molecule has 7 nitrogen and oxygen atoms in total. The van der Waals surface area contributed by atoms with E-state index in [9.17, 15) is 9.59 Å². The molecule has 1 aromatic heterocycles. The molecule has 1 fully saturated rings. The van der Waals surface area contributed by atoms with Gasteiger partial charge in [-0.1, -0.05) is 24.3 Å². The maximum atomic E-state index is 14.0. The fraction of sp³-hybridized carbons (Fsp3) is 0.267. The number of aliphatic imine (C=N–C) groups is 1. The summed E-state index contributed by atoms with van der Waals surface area (Å²) >= 11 is 4.84. The monoisotopic (exact) mass is 4040 g/mol. The highest BCUT2D eigenvalue weighted by atomic mass is 33.6. The maximum absolute atomic E-state index is 14.0. The molecule has 3 aliphatic rings. The zero-order valence-electron chi connectivity index (χ0n) is 66.2. The Balaban J connectivity index is 0.992. The molecule has 2 atom stereocenters. The Bertz CT molecular complexity index is 11300. The number of nitrogens with one attached hydrogen (secondary N) is 1. The van der Waals surface area contributed by atoms with Gasteiger partial charge in [-0.2, -0.15) is 0 Å². The highest BCUT2D eigenvalue weighted by molar-refractivity contribution is 8.89. The lowest BCUT2D eigenvalue weighted by Crippen LogP contribution is -2.34. The zero-order chi connectivity index (χ0) is 104. The summed E-state index contributed by atoms with van der Waals surface area (Å²) in [5, 5.41) is 3.98. The second-order valence-corrected chi connectivity index (χ2v) is 213. The summed E-state index contributed by atoms with van der Waals surface area (Å²) in [6.45, 7) is 2.47. The minimum Gasteiger partial charge on any atom is -0.332 e. The molecule has 6 rings (SSSR count). The Morgan fingerprint density at radius 3 is 0.777 bits per heavy atom. The van der Waals surface area contributed by atoms with Gasteiger partial charge in [-0.25, -0.2) is 4.99 Å². The van der Waals surface area contributed by atoms with E-state index in [0.29, 0.717) is 17.7 Å². The molecule has 148 heavy (non-hydrogen) atoms. The lowest BCUT2D eigenvalue weighted by Gasteiger charge is -2.25. The van der Waals surface area contributed by atoms with Gasteiger partial charge in [0.25, 0.3) is 11.8 Å². The molecule has 0 aliphatic carbocycles. The summed E-state index contributed by atoms with van der Waals surface area (Å²) in [6.07, 6.45) is 6.18. The Morgan fingerprint density at radius 2 is 0.527 bits per heavy atom. The summed E-state index contributed by atoms with van der Waals surface area (Å²) in [4.78, 5) is 42.7. The Hall–Kier alpha value is 20.5. The van der Waals surface area contributed by atoms with Crippen LogP contribution in [-0.2, 0) is 989 Å². The predicted octanol–water partition coefficient (Wildman–Crippen LogP) is 4.19. The normalized spacial score (nSPS) is 11.4. The summed E-state index contributed by atoms with van der Waals surface area (Å²) < 4.78 is 0. The molecule has 1 N–H and O–H groups in total. The van der Waals surface area contributed by atoms with E-state index in [2.05, 4.69) is 22.2 Å². The highest BCUT2D eigenvalue weighted by Crippen LogP contribution is 2.34. The number of nitrogens with zero attached hydrogens (tertiary/aromatic N) is 4. The van der Waals surface area contributed by atoms with E-state index in [0.717, 1.165) is 59.9 Å². The predicted molar refractivity (Wildman–Crippen MR) is 961 cm³/mol. The van der Waals surface area contributed by atoms with Crippen molar-refractivity contribution in [2.45, 2.75) is 25.3 Å². The van der Waals surface area contributed by atoms with Gasteiger partial charge in [-0.3, -0.25) is 14.6 Å². The van der Waals surface area contributed by atoms with Gasteiger partial charge in [0.15, 0.2) is 5.17 Å². The zero-order valence-corrected chi connectivity index (χ0v) is 157. The van der Waals surface area contributed by atoms with Crippen molar-refractivity contribution in [1.29, 1.82) is 0 Å². The van der Waals surface area contributed by atoms with Crippen molar-refractivity contribution in [3.63, 3.8) is 0 Å². The van der Waals surface area contributed by atoms with Gasteiger partial charge in [-0.05, 0) is 162 Å². The molecule has 0 spiro atoms. The number of carbonyl (C=O) groups is 2. The molecule has 3 aromatic rings. The Morgan fingerprint density at radius 1 is 0.291 bits per heavy atom. The van der Waals surface area contributed by atoms with Crippen LogP contribution in [0.3, 0.4) is 0 Å². The molecule has 3 aliphatic heterocycles. The fourth-order valence-electron chi connectivity index (χ4n) is 6.73. The number of amidine groups is 1. The summed E-state index contributed by atoms with van der Waals surface area (Å²) in [7, 11) is 199. The van der Waals surface area contributed by atoms with Crippen LogP contribution in [0.4, 0.5) is 0 Å². The molecular weight excluding hydrogens is 4020 g/mol. The third-order valence-electron chi connectivity index (χ3n) is 10.6. The van der Waals surface area contributed by atoms with Crippen molar-refractivity contribution in [1.82, 2.24) is 20.1 Å². The topological polar surface area (TPSA) is 77.9 Å². The maximum Gasteiger partial charge on any atom is 0.257 e. The number of likely N-dealkylation sites (N-methyl/N-ethyl adjacent to an activating group) is 1. The van der Waals surface area contributed by atoms with Gasteiger partial charge >= 0.3 is 0 Å². The third-order valence-corrected chi connectivity index (χ3v) is 255. The molecule has 1 unspecified atom stereocenters. The molecule has 0 radical (unpaired) electrons. The van der Waals surface area contributed by atoms with Crippen LogP contribution in [-0.4, -0.2) is 58.4 Å². The van der Waals surface area contributed by atoms with Crippen molar-refractivity contribution in [3.05, 3.63) is 100 Å². The van der Waals surface area contributed by atoms with Crippen molar-refractivity contribution >= 4 is 1010 Å². The van der Waals surface area contributed by atoms with Gasteiger partial charge in [0.1, 0.15) is 0 Å². The number of benzene rings is 2. The third kappa shape index (κ3) is 96.4. The fourth-order valence-corrected chi connectivity index (χ4v) is 306. The second kappa shape index (κ2) is 125. The molecule has 4 heterocycles. The lowest BCUT2D eigenvalue weighted by atomic mass is 10.0. The number of likely N-dealkylation sites (tertiary alicyclic amines) is 1. The Labute approximate surface area is 1170 Å². The second-order valence-electron chi connectivity index (χ2n) is 17.5. The molecule has 2 aromatic carbocycles. The van der Waals surface area contributed by atoms with E-state index in [4.69, 9.17) is 16.2 Å². The number of rotatable bonds is 4. The molecule has 852 valence electrons. The average molecular weight is 4050 g/mol. The number of carbonyl (C=O) groups excluding carboxylic acids is 2.